The van der Waals surface area contributed by atoms with Gasteiger partial charge in [-0.25, -0.2) is 0 Å². The topological polar surface area (TPSA) is 67.2 Å². The van der Waals surface area contributed by atoms with Crippen molar-refractivity contribution >= 4 is 11.6 Å². The highest BCUT2D eigenvalue weighted by atomic mass is 16.5. The number of carbonyl (C=O) groups excluding carboxylic acids is 2. The van der Waals surface area contributed by atoms with E-state index in [1.165, 1.54) is 0 Å². The van der Waals surface area contributed by atoms with Crippen molar-refractivity contribution in [1.29, 1.82) is 5.26 Å². The van der Waals surface area contributed by atoms with Gasteiger partial charge in [0.15, 0.2) is 0 Å². The highest BCUT2D eigenvalue weighted by molar-refractivity contribution is 6.41. The fourth-order valence-corrected chi connectivity index (χ4v) is 4.93. The van der Waals surface area contributed by atoms with Crippen molar-refractivity contribution in [3.05, 3.63) is 29.8 Å². The third-order valence-corrected chi connectivity index (χ3v) is 5.90. The van der Waals surface area contributed by atoms with E-state index in [-0.39, 0.29) is 35.4 Å². The van der Waals surface area contributed by atoms with Crippen molar-refractivity contribution in [1.82, 2.24) is 0 Å². The number of nitrogens with zero attached hydrogens (tertiary/aromatic N) is 1. The lowest BCUT2D eigenvalue weighted by molar-refractivity contribution is -0.137. The van der Waals surface area contributed by atoms with Gasteiger partial charge in [-0.3, -0.25) is 9.59 Å². The molecule has 4 rings (SSSR count). The first kappa shape index (κ1) is 14.4. The first-order valence-electron chi connectivity index (χ1n) is 8.44. The Hall–Kier alpha value is -2.15. The van der Waals surface area contributed by atoms with E-state index in [2.05, 4.69) is 6.07 Å². The number of nitriles is 1. The van der Waals surface area contributed by atoms with Crippen LogP contribution in [0.3, 0.4) is 0 Å². The number of ether oxygens (including phenoxy) is 1. The van der Waals surface area contributed by atoms with Crippen LogP contribution in [0.1, 0.15) is 37.7 Å². The second kappa shape index (κ2) is 5.49. The molecule has 5 unspecified atom stereocenters. The summed E-state index contributed by atoms with van der Waals surface area (Å²) in [4.78, 5) is 24.4. The van der Waals surface area contributed by atoms with Crippen LogP contribution in [0.25, 0.3) is 0 Å². The summed E-state index contributed by atoms with van der Waals surface area (Å²) in [6, 6.07) is 9.28. The van der Waals surface area contributed by atoms with Crippen LogP contribution in [0.15, 0.2) is 24.3 Å². The van der Waals surface area contributed by atoms with Crippen molar-refractivity contribution in [3.8, 4) is 11.8 Å². The molecule has 0 radical (unpaired) electrons. The number of ketones is 2. The van der Waals surface area contributed by atoms with Gasteiger partial charge in [-0.05, 0) is 55.9 Å². The summed E-state index contributed by atoms with van der Waals surface area (Å²) in [5.41, 5.74) is 0.616. The van der Waals surface area contributed by atoms with Gasteiger partial charge in [-0.15, -0.1) is 0 Å². The molecule has 1 aromatic carbocycles. The van der Waals surface area contributed by atoms with E-state index < -0.39 is 0 Å². The fraction of sp³-hybridized carbons (Fsp3) is 0.526. The van der Waals surface area contributed by atoms with Crippen molar-refractivity contribution < 1.29 is 14.3 Å². The van der Waals surface area contributed by atoms with Gasteiger partial charge >= 0.3 is 0 Å². The normalized spacial score (nSPS) is 35.5. The Bertz CT molecular complexity index is 672. The minimum Gasteiger partial charge on any atom is -0.490 e. The molecule has 3 aliphatic rings. The standard InChI is InChI=1S/C19H19NO3/c20-10-11-4-6-12(7-5-11)23-16-9-8-15-17-13(16)2-1-3-14(17)18(21)19(15)22/h4-7,13-17H,1-3,8-9H2. The van der Waals surface area contributed by atoms with Crippen molar-refractivity contribution in [3.63, 3.8) is 0 Å². The van der Waals surface area contributed by atoms with Gasteiger partial charge in [0.25, 0.3) is 0 Å². The van der Waals surface area contributed by atoms with Gasteiger partial charge < -0.3 is 4.74 Å². The van der Waals surface area contributed by atoms with Gasteiger partial charge in [0.1, 0.15) is 11.9 Å². The predicted octanol–water partition coefficient (Wildman–Crippen LogP) is 2.90. The van der Waals surface area contributed by atoms with Gasteiger partial charge in [-0.2, -0.15) is 5.26 Å². The Morgan fingerprint density at radius 2 is 1.65 bits per heavy atom. The number of rotatable bonds is 2. The van der Waals surface area contributed by atoms with Gasteiger partial charge in [-0.1, -0.05) is 6.42 Å². The summed E-state index contributed by atoms with van der Waals surface area (Å²) in [6.07, 6.45) is 4.59. The molecule has 0 spiro atoms. The molecule has 0 aliphatic heterocycles. The molecule has 3 fully saturated rings. The van der Waals surface area contributed by atoms with Crippen molar-refractivity contribution in [2.75, 3.05) is 0 Å². The van der Waals surface area contributed by atoms with Crippen LogP contribution < -0.4 is 4.74 Å². The molecule has 0 heterocycles. The van der Waals surface area contributed by atoms with Crippen molar-refractivity contribution in [2.45, 2.75) is 38.2 Å². The zero-order valence-corrected chi connectivity index (χ0v) is 12.9. The summed E-state index contributed by atoms with van der Waals surface area (Å²) in [5, 5.41) is 8.86. The molecule has 0 aromatic heterocycles. The summed E-state index contributed by atoms with van der Waals surface area (Å²) in [7, 11) is 0. The van der Waals surface area contributed by atoms with E-state index in [9.17, 15) is 9.59 Å². The van der Waals surface area contributed by atoms with E-state index in [4.69, 9.17) is 10.00 Å². The average Bonchev–Trinajstić information content (AvgIpc) is 2.84. The van der Waals surface area contributed by atoms with Crippen molar-refractivity contribution in [2.24, 2.45) is 23.7 Å². The number of hydrogen-bond acceptors (Lipinski definition) is 4. The van der Waals surface area contributed by atoms with Crippen LogP contribution in [-0.4, -0.2) is 17.7 Å². The van der Waals surface area contributed by atoms with Gasteiger partial charge in [0, 0.05) is 17.8 Å². The fourth-order valence-electron chi connectivity index (χ4n) is 4.93. The third kappa shape index (κ3) is 2.26. The van der Waals surface area contributed by atoms with Crippen LogP contribution in [0.2, 0.25) is 0 Å². The molecule has 0 N–H and O–H groups in total. The lowest BCUT2D eigenvalue weighted by Gasteiger charge is -2.43. The molecule has 5 atom stereocenters. The summed E-state index contributed by atoms with van der Waals surface area (Å²) in [5.74, 6) is 0.911. The lowest BCUT2D eigenvalue weighted by Crippen LogP contribution is -2.44. The smallest absolute Gasteiger partial charge is 0.202 e. The molecule has 4 nitrogen and oxygen atoms in total. The summed E-state index contributed by atoms with van der Waals surface area (Å²) in [6.45, 7) is 0. The Morgan fingerprint density at radius 3 is 2.35 bits per heavy atom. The maximum absolute atomic E-state index is 12.2. The molecular weight excluding hydrogens is 290 g/mol. The Morgan fingerprint density at radius 1 is 0.957 bits per heavy atom. The zero-order chi connectivity index (χ0) is 16.0. The maximum Gasteiger partial charge on any atom is 0.202 e. The first-order chi connectivity index (χ1) is 11.2. The Labute approximate surface area is 135 Å². The molecule has 118 valence electrons. The van der Waals surface area contributed by atoms with E-state index >= 15 is 0 Å². The highest BCUT2D eigenvalue weighted by Gasteiger charge is 2.57. The van der Waals surface area contributed by atoms with Gasteiger partial charge in [0.05, 0.1) is 11.6 Å². The second-order valence-electron chi connectivity index (χ2n) is 6.98. The highest BCUT2D eigenvalue weighted by Crippen LogP contribution is 2.52. The second-order valence-corrected chi connectivity index (χ2v) is 6.98. The minimum atomic E-state index is -0.122. The van der Waals surface area contributed by atoms with E-state index in [0.717, 1.165) is 37.9 Å². The third-order valence-electron chi connectivity index (χ3n) is 5.90. The molecule has 0 bridgehead atoms. The molecule has 1 aromatic rings. The van der Waals surface area contributed by atoms with Gasteiger partial charge in [0.2, 0.25) is 11.6 Å². The monoisotopic (exact) mass is 309 g/mol. The quantitative estimate of drug-likeness (QED) is 0.788. The minimum absolute atomic E-state index is 0.0568. The lowest BCUT2D eigenvalue weighted by atomic mass is 9.63. The molecule has 3 aliphatic carbocycles. The largest absolute Gasteiger partial charge is 0.490 e. The summed E-state index contributed by atoms with van der Waals surface area (Å²) >= 11 is 0. The van der Waals surface area contributed by atoms with E-state index in [1.807, 2.05) is 12.1 Å². The number of carbonyl (C=O) groups is 2. The first-order valence-corrected chi connectivity index (χ1v) is 8.44. The molecule has 0 saturated heterocycles. The molecule has 3 saturated carbocycles. The Kier molecular flexibility index (Phi) is 3.45. The number of Topliss-reactive ketones (excluding diaryl/α,β-unsaturated/α-hetero) is 2. The SMILES string of the molecule is N#Cc1ccc(OC2CCC3C(=O)C(=O)C4CCCC2C43)cc1. The average molecular weight is 309 g/mol. The van der Waals surface area contributed by atoms with Crippen LogP contribution in [0.4, 0.5) is 0 Å². The number of benzene rings is 1. The summed E-state index contributed by atoms with van der Waals surface area (Å²) < 4.78 is 6.19. The van der Waals surface area contributed by atoms with E-state index in [0.29, 0.717) is 11.5 Å². The van der Waals surface area contributed by atoms with E-state index in [1.54, 1.807) is 12.1 Å². The van der Waals surface area contributed by atoms with Crippen LogP contribution in [0.5, 0.6) is 5.75 Å². The molecule has 23 heavy (non-hydrogen) atoms. The molecule has 4 heteroatoms. The van der Waals surface area contributed by atoms with Crippen LogP contribution >= 0.6 is 0 Å². The molecular formula is C19H19NO3. The zero-order valence-electron chi connectivity index (χ0n) is 12.9. The van der Waals surface area contributed by atoms with Crippen LogP contribution in [0, 0.1) is 35.0 Å². The molecule has 0 amide bonds. The number of hydrogen-bond donors (Lipinski definition) is 0. The Balaban J connectivity index is 1.56. The maximum atomic E-state index is 12.2. The van der Waals surface area contributed by atoms with Crippen LogP contribution in [-0.2, 0) is 9.59 Å². The predicted molar refractivity (Wildman–Crippen MR) is 82.6 cm³/mol.